The van der Waals surface area contributed by atoms with Gasteiger partial charge >= 0.3 is 5.97 Å². The molecular formula is C18H18N2O5. The van der Waals surface area contributed by atoms with Gasteiger partial charge in [0.2, 0.25) is 5.91 Å². The highest BCUT2D eigenvalue weighted by Gasteiger charge is 2.17. The van der Waals surface area contributed by atoms with E-state index in [9.17, 15) is 19.7 Å². The van der Waals surface area contributed by atoms with Gasteiger partial charge in [0.15, 0.2) is 0 Å². The lowest BCUT2D eigenvalue weighted by Crippen LogP contribution is -2.19. The summed E-state index contributed by atoms with van der Waals surface area (Å²) < 4.78 is 4.90. The highest BCUT2D eigenvalue weighted by molar-refractivity contribution is 5.96. The number of non-ortho nitro benzene ring substituents is 1. The number of nitro benzene ring substituents is 1. The molecule has 2 aromatic rings. The molecule has 0 aliphatic rings. The first-order chi connectivity index (χ1) is 11.9. The van der Waals surface area contributed by atoms with Crippen molar-refractivity contribution in [1.82, 2.24) is 0 Å². The number of amides is 1. The molecule has 0 aromatic heterocycles. The third kappa shape index (κ3) is 4.63. The molecule has 0 spiro atoms. The molecule has 1 amide bonds. The van der Waals surface area contributed by atoms with Gasteiger partial charge in [0.25, 0.3) is 5.69 Å². The van der Waals surface area contributed by atoms with Gasteiger partial charge < -0.3 is 10.1 Å². The van der Waals surface area contributed by atoms with E-state index >= 15 is 0 Å². The summed E-state index contributed by atoms with van der Waals surface area (Å²) >= 11 is 0. The lowest BCUT2D eigenvalue weighted by molar-refractivity contribution is -0.384. The van der Waals surface area contributed by atoms with Gasteiger partial charge in [-0.25, -0.2) is 4.79 Å². The maximum Gasteiger partial charge on any atom is 0.338 e. The summed E-state index contributed by atoms with van der Waals surface area (Å²) in [5.74, 6) is -1.15. The van der Waals surface area contributed by atoms with Crippen molar-refractivity contribution in [2.45, 2.75) is 19.8 Å². The van der Waals surface area contributed by atoms with Crippen LogP contribution in [0.5, 0.6) is 0 Å². The zero-order chi connectivity index (χ0) is 18.4. The van der Waals surface area contributed by atoms with Crippen LogP contribution in [0.4, 0.5) is 11.4 Å². The minimum atomic E-state index is -0.486. The summed E-state index contributed by atoms with van der Waals surface area (Å²) in [5.41, 5.74) is 1.60. The second kappa shape index (κ2) is 8.05. The predicted octanol–water partition coefficient (Wildman–Crippen LogP) is 3.51. The number of carbonyl (C=O) groups is 2. The van der Waals surface area contributed by atoms with E-state index in [2.05, 4.69) is 5.32 Å². The van der Waals surface area contributed by atoms with Gasteiger partial charge in [0.1, 0.15) is 0 Å². The predicted molar refractivity (Wildman–Crippen MR) is 92.5 cm³/mol. The normalized spacial score (nSPS) is 11.4. The van der Waals surface area contributed by atoms with Crippen molar-refractivity contribution in [3.8, 4) is 0 Å². The number of carbonyl (C=O) groups excluding carboxylic acids is 2. The maximum atomic E-state index is 12.3. The molecule has 1 N–H and O–H groups in total. The van der Waals surface area contributed by atoms with Crippen LogP contribution in [-0.4, -0.2) is 23.4 Å². The molecule has 1 atom stereocenters. The number of esters is 1. The van der Waals surface area contributed by atoms with Gasteiger partial charge in [-0.15, -0.1) is 0 Å². The summed E-state index contributed by atoms with van der Waals surface area (Å²) in [6, 6.07) is 12.2. The fraction of sp³-hybridized carbons (Fsp3) is 0.222. The molecular weight excluding hydrogens is 324 g/mol. The Hall–Kier alpha value is -3.22. The average molecular weight is 342 g/mol. The van der Waals surface area contributed by atoms with Crippen molar-refractivity contribution in [1.29, 1.82) is 0 Å². The van der Waals surface area contributed by atoms with E-state index in [1.54, 1.807) is 50.2 Å². The molecule has 0 unspecified atom stereocenters. The Bertz CT molecular complexity index is 769. The Balaban J connectivity index is 2.03. The molecule has 0 bridgehead atoms. The molecule has 25 heavy (non-hydrogen) atoms. The maximum absolute atomic E-state index is 12.3. The van der Waals surface area contributed by atoms with Crippen LogP contribution in [0.15, 0.2) is 48.5 Å². The second-order valence-electron chi connectivity index (χ2n) is 5.36. The Morgan fingerprint density at radius 2 is 1.72 bits per heavy atom. The minimum absolute atomic E-state index is 0.0223. The van der Waals surface area contributed by atoms with E-state index in [4.69, 9.17) is 4.74 Å². The zero-order valence-electron chi connectivity index (χ0n) is 13.9. The van der Waals surface area contributed by atoms with Crippen LogP contribution in [0.25, 0.3) is 0 Å². The number of hydrogen-bond acceptors (Lipinski definition) is 5. The first kappa shape index (κ1) is 18.1. The molecule has 0 fully saturated rings. The van der Waals surface area contributed by atoms with E-state index in [0.29, 0.717) is 23.4 Å². The van der Waals surface area contributed by atoms with Gasteiger partial charge in [0, 0.05) is 17.8 Å². The number of anilines is 1. The van der Waals surface area contributed by atoms with Crippen LogP contribution in [0.3, 0.4) is 0 Å². The third-order valence-corrected chi connectivity index (χ3v) is 3.66. The van der Waals surface area contributed by atoms with Crippen LogP contribution in [-0.2, 0) is 9.53 Å². The topological polar surface area (TPSA) is 98.5 Å². The Labute approximate surface area is 144 Å². The fourth-order valence-corrected chi connectivity index (χ4v) is 2.19. The van der Waals surface area contributed by atoms with Gasteiger partial charge in [0.05, 0.1) is 23.0 Å². The molecule has 2 rings (SSSR count). The van der Waals surface area contributed by atoms with Crippen molar-refractivity contribution in [3.63, 3.8) is 0 Å². The zero-order valence-corrected chi connectivity index (χ0v) is 13.9. The molecule has 0 aliphatic heterocycles. The summed E-state index contributed by atoms with van der Waals surface area (Å²) in [6.45, 7) is 3.74. The number of rotatable bonds is 6. The van der Waals surface area contributed by atoms with Crippen LogP contribution < -0.4 is 5.32 Å². The van der Waals surface area contributed by atoms with Crippen molar-refractivity contribution < 1.29 is 19.2 Å². The molecule has 0 radical (unpaired) electrons. The lowest BCUT2D eigenvalue weighted by atomic mass is 10.00. The third-order valence-electron chi connectivity index (χ3n) is 3.66. The fourth-order valence-electron chi connectivity index (χ4n) is 2.19. The van der Waals surface area contributed by atoms with Gasteiger partial charge in [-0.05, 0) is 43.7 Å². The first-order valence-corrected chi connectivity index (χ1v) is 7.74. The molecule has 7 heteroatoms. The van der Waals surface area contributed by atoms with Gasteiger partial charge in [-0.2, -0.15) is 0 Å². The SMILES string of the molecule is CCOC(=O)c1ccc(NC(=O)[C@H](C)c2ccc([N+](=O)[O-])cc2)cc1. The van der Waals surface area contributed by atoms with E-state index in [-0.39, 0.29) is 11.6 Å². The molecule has 0 aliphatic carbocycles. The molecule has 0 saturated heterocycles. The lowest BCUT2D eigenvalue weighted by Gasteiger charge is -2.13. The first-order valence-electron chi connectivity index (χ1n) is 7.74. The standard InChI is InChI=1S/C18H18N2O5/c1-3-25-18(22)14-4-8-15(9-5-14)19-17(21)12(2)13-6-10-16(11-7-13)20(23)24/h4-12H,3H2,1-2H3,(H,19,21)/t12-/m1/s1. The Morgan fingerprint density at radius 3 is 2.24 bits per heavy atom. The van der Waals surface area contributed by atoms with Gasteiger partial charge in [-0.1, -0.05) is 12.1 Å². The second-order valence-corrected chi connectivity index (χ2v) is 5.36. The molecule has 7 nitrogen and oxygen atoms in total. The van der Waals surface area contributed by atoms with E-state index in [1.165, 1.54) is 12.1 Å². The number of hydrogen-bond donors (Lipinski definition) is 1. The Kier molecular flexibility index (Phi) is 5.84. The largest absolute Gasteiger partial charge is 0.462 e. The number of nitrogens with zero attached hydrogens (tertiary/aromatic N) is 1. The number of nitro groups is 1. The number of ether oxygens (including phenoxy) is 1. The molecule has 2 aromatic carbocycles. The van der Waals surface area contributed by atoms with Crippen LogP contribution in [0.2, 0.25) is 0 Å². The smallest absolute Gasteiger partial charge is 0.338 e. The number of benzene rings is 2. The molecule has 0 heterocycles. The van der Waals surface area contributed by atoms with E-state index < -0.39 is 16.8 Å². The summed E-state index contributed by atoms with van der Waals surface area (Å²) in [5, 5.41) is 13.4. The van der Waals surface area contributed by atoms with Crippen molar-refractivity contribution in [3.05, 3.63) is 69.8 Å². The Morgan fingerprint density at radius 1 is 1.12 bits per heavy atom. The van der Waals surface area contributed by atoms with E-state index in [0.717, 1.165) is 0 Å². The van der Waals surface area contributed by atoms with E-state index in [1.807, 2.05) is 0 Å². The summed E-state index contributed by atoms with van der Waals surface area (Å²) in [4.78, 5) is 34.1. The van der Waals surface area contributed by atoms with Crippen molar-refractivity contribution >= 4 is 23.3 Å². The highest BCUT2D eigenvalue weighted by atomic mass is 16.6. The monoisotopic (exact) mass is 342 g/mol. The summed E-state index contributed by atoms with van der Waals surface area (Å²) in [6.07, 6.45) is 0. The van der Waals surface area contributed by atoms with Crippen LogP contribution in [0.1, 0.15) is 35.7 Å². The highest BCUT2D eigenvalue weighted by Crippen LogP contribution is 2.21. The average Bonchev–Trinajstić information content (AvgIpc) is 2.62. The van der Waals surface area contributed by atoms with Crippen molar-refractivity contribution in [2.24, 2.45) is 0 Å². The van der Waals surface area contributed by atoms with Crippen molar-refractivity contribution in [2.75, 3.05) is 11.9 Å². The minimum Gasteiger partial charge on any atom is -0.462 e. The van der Waals surface area contributed by atoms with Crippen LogP contribution >= 0.6 is 0 Å². The molecule has 130 valence electrons. The van der Waals surface area contributed by atoms with Crippen LogP contribution in [0, 0.1) is 10.1 Å². The number of nitrogens with one attached hydrogen (secondary N) is 1. The van der Waals surface area contributed by atoms with Gasteiger partial charge in [-0.3, -0.25) is 14.9 Å². The quantitative estimate of drug-likeness (QED) is 0.492. The summed E-state index contributed by atoms with van der Waals surface area (Å²) in [7, 11) is 0. The molecule has 0 saturated carbocycles.